The molecule has 1 aromatic heterocycles. The first-order chi connectivity index (χ1) is 20.2. The Hall–Kier alpha value is -3.45. The van der Waals surface area contributed by atoms with E-state index >= 15 is 0 Å². The van der Waals surface area contributed by atoms with Gasteiger partial charge in [0.15, 0.2) is 6.10 Å². The van der Waals surface area contributed by atoms with Gasteiger partial charge in [-0.2, -0.15) is 5.26 Å². The second kappa shape index (κ2) is 12.4. The molecule has 0 radical (unpaired) electrons. The van der Waals surface area contributed by atoms with Crippen molar-refractivity contribution in [2.24, 2.45) is 0 Å². The quantitative estimate of drug-likeness (QED) is 0.330. The first kappa shape index (κ1) is 30.0. The fraction of sp³-hybridized carbons (Fsp3) is 0.429. The number of anilines is 1. The summed E-state index contributed by atoms with van der Waals surface area (Å²) in [4.78, 5) is 15.7. The van der Waals surface area contributed by atoms with E-state index in [1.165, 1.54) is 54.3 Å². The number of amides is 1. The molecule has 42 heavy (non-hydrogen) atoms. The number of hydrogen-bond acceptors (Lipinski definition) is 10. The van der Waals surface area contributed by atoms with Crippen LogP contribution in [0.4, 0.5) is 10.1 Å². The van der Waals surface area contributed by atoms with Gasteiger partial charge in [0.05, 0.1) is 43.7 Å². The molecule has 3 aromatic rings. The lowest BCUT2D eigenvalue weighted by molar-refractivity contribution is -0.211. The molecule has 1 aliphatic heterocycles. The normalized spacial score (nSPS) is 27.1. The second-order valence-electron chi connectivity index (χ2n) is 10.2. The Morgan fingerprint density at radius 3 is 2.62 bits per heavy atom. The number of benzene rings is 2. The Bertz CT molecular complexity index is 1480. The van der Waals surface area contributed by atoms with Crippen molar-refractivity contribution in [2.45, 2.75) is 55.4 Å². The van der Waals surface area contributed by atoms with Crippen LogP contribution in [0.25, 0.3) is 11.3 Å². The molecular formula is C28H29BrFN5O7. The van der Waals surface area contributed by atoms with Crippen LogP contribution in [0.3, 0.4) is 0 Å². The Labute approximate surface area is 249 Å². The Kier molecular flexibility index (Phi) is 8.88. The van der Waals surface area contributed by atoms with Gasteiger partial charge >= 0.3 is 0 Å². The number of aliphatic hydroxyl groups is 3. The highest BCUT2D eigenvalue weighted by Crippen LogP contribution is 2.38. The molecule has 5 rings (SSSR count). The summed E-state index contributed by atoms with van der Waals surface area (Å²) in [6.45, 7) is -0.625. The number of methoxy groups -OCH3 is 2. The summed E-state index contributed by atoms with van der Waals surface area (Å²) in [6.07, 6.45) is -3.47. The summed E-state index contributed by atoms with van der Waals surface area (Å²) < 4.78 is 32.9. The monoisotopic (exact) mass is 645 g/mol. The highest BCUT2D eigenvalue weighted by Gasteiger charge is 2.52. The molecule has 0 unspecified atom stereocenters. The van der Waals surface area contributed by atoms with E-state index in [0.29, 0.717) is 40.0 Å². The van der Waals surface area contributed by atoms with Gasteiger partial charge in [-0.1, -0.05) is 21.1 Å². The standard InChI is InChI=1S/C28H29BrFN5O7/c1-40-19-6-14(11-31)5-18(10-19)35(21-3-4-22(21)37)28(39)27-26(41-2)24(25(38)23(13-36)42-27)34-12-20(32-33-34)15-7-16(29)9-17(30)8-15/h5-10,12,21-27,36-38H,3-4,13H2,1-2H3/t21-,22-,23-,24+,25+,26-,27-/m1/s1. The third-order valence-electron chi connectivity index (χ3n) is 7.66. The van der Waals surface area contributed by atoms with Crippen LogP contribution in [0, 0.1) is 17.1 Å². The van der Waals surface area contributed by atoms with E-state index in [1.54, 1.807) is 12.1 Å². The molecule has 0 spiro atoms. The number of hydrogen-bond donors (Lipinski definition) is 3. The maximum atomic E-state index is 14.3. The number of carbonyl (C=O) groups is 1. The van der Waals surface area contributed by atoms with Crippen molar-refractivity contribution in [1.29, 1.82) is 5.26 Å². The summed E-state index contributed by atoms with van der Waals surface area (Å²) >= 11 is 3.26. The first-order valence-electron chi connectivity index (χ1n) is 13.1. The third-order valence-corrected chi connectivity index (χ3v) is 8.12. The summed E-state index contributed by atoms with van der Waals surface area (Å²) in [5.74, 6) is -0.771. The van der Waals surface area contributed by atoms with Crippen molar-refractivity contribution in [2.75, 3.05) is 25.7 Å². The van der Waals surface area contributed by atoms with Crippen LogP contribution in [0.1, 0.15) is 24.4 Å². The van der Waals surface area contributed by atoms with Gasteiger partial charge in [0.25, 0.3) is 5.91 Å². The number of carbonyl (C=O) groups excluding carboxylic acids is 1. The van der Waals surface area contributed by atoms with Gasteiger partial charge < -0.3 is 34.4 Å². The maximum absolute atomic E-state index is 14.3. The summed E-state index contributed by atoms with van der Waals surface area (Å²) in [7, 11) is 2.78. The fourth-order valence-electron chi connectivity index (χ4n) is 5.41. The number of aromatic nitrogens is 3. The maximum Gasteiger partial charge on any atom is 0.259 e. The van der Waals surface area contributed by atoms with Crippen LogP contribution in [-0.4, -0.2) is 93.6 Å². The Morgan fingerprint density at radius 1 is 1.24 bits per heavy atom. The largest absolute Gasteiger partial charge is 0.497 e. The van der Waals surface area contributed by atoms with E-state index in [9.17, 15) is 29.8 Å². The van der Waals surface area contributed by atoms with Crippen LogP contribution in [0.5, 0.6) is 5.75 Å². The molecule has 2 heterocycles. The first-order valence-corrected chi connectivity index (χ1v) is 13.9. The van der Waals surface area contributed by atoms with Crippen LogP contribution < -0.4 is 9.64 Å². The topological polar surface area (TPSA) is 163 Å². The van der Waals surface area contributed by atoms with E-state index in [1.807, 2.05) is 6.07 Å². The number of nitriles is 1. The summed E-state index contributed by atoms with van der Waals surface area (Å²) in [5, 5.41) is 49.7. The lowest BCUT2D eigenvalue weighted by Crippen LogP contribution is -2.64. The van der Waals surface area contributed by atoms with E-state index in [2.05, 4.69) is 26.2 Å². The van der Waals surface area contributed by atoms with Crippen molar-refractivity contribution in [3.8, 4) is 23.1 Å². The van der Waals surface area contributed by atoms with Crippen molar-refractivity contribution >= 4 is 27.5 Å². The number of ether oxygens (including phenoxy) is 3. The predicted octanol–water partition coefficient (Wildman–Crippen LogP) is 1.96. The molecule has 2 fully saturated rings. The molecule has 3 N–H and O–H groups in total. The summed E-state index contributed by atoms with van der Waals surface area (Å²) in [5.41, 5.74) is 1.27. The highest BCUT2D eigenvalue weighted by atomic mass is 79.9. The molecule has 1 aliphatic carbocycles. The minimum atomic E-state index is -1.37. The molecule has 1 saturated carbocycles. The van der Waals surface area contributed by atoms with Crippen molar-refractivity contribution in [1.82, 2.24) is 15.0 Å². The van der Waals surface area contributed by atoms with Gasteiger partial charge in [-0.15, -0.1) is 5.10 Å². The minimum Gasteiger partial charge on any atom is -0.497 e. The molecule has 14 heteroatoms. The molecular weight excluding hydrogens is 617 g/mol. The molecule has 0 bridgehead atoms. The SMILES string of the molecule is COc1cc(C#N)cc(N(C(=O)[C@@H]2O[C@H](CO)[C@H](O)[C@H](n3cc(-c4cc(F)cc(Br)c4)nn3)[C@H]2OC)[C@@H]2CC[C@H]2O)c1. The van der Waals surface area contributed by atoms with Gasteiger partial charge in [-0.25, -0.2) is 9.07 Å². The molecule has 7 atom stereocenters. The molecule has 2 aromatic carbocycles. The molecule has 1 amide bonds. The number of halogens is 2. The Balaban J connectivity index is 1.54. The third kappa shape index (κ3) is 5.63. The van der Waals surface area contributed by atoms with Gasteiger partial charge in [0.2, 0.25) is 0 Å². The van der Waals surface area contributed by atoms with Crippen LogP contribution in [0.2, 0.25) is 0 Å². The zero-order chi connectivity index (χ0) is 30.1. The van der Waals surface area contributed by atoms with Crippen LogP contribution >= 0.6 is 15.9 Å². The average molecular weight is 646 g/mol. The van der Waals surface area contributed by atoms with E-state index < -0.39 is 60.9 Å². The lowest BCUT2D eigenvalue weighted by atomic mass is 9.85. The van der Waals surface area contributed by atoms with Crippen LogP contribution in [-0.2, 0) is 14.3 Å². The predicted molar refractivity (Wildman–Crippen MR) is 149 cm³/mol. The number of nitrogens with zero attached hydrogens (tertiary/aromatic N) is 5. The zero-order valence-corrected chi connectivity index (χ0v) is 24.3. The van der Waals surface area contributed by atoms with Crippen molar-refractivity contribution in [3.63, 3.8) is 0 Å². The van der Waals surface area contributed by atoms with Crippen molar-refractivity contribution in [3.05, 3.63) is 58.4 Å². The van der Waals surface area contributed by atoms with Gasteiger partial charge in [-0.05, 0) is 43.2 Å². The molecule has 222 valence electrons. The van der Waals surface area contributed by atoms with Gasteiger partial charge in [0, 0.05) is 28.9 Å². The van der Waals surface area contributed by atoms with Gasteiger partial charge in [0.1, 0.15) is 41.6 Å². The molecule has 1 saturated heterocycles. The minimum absolute atomic E-state index is 0.240. The second-order valence-corrected chi connectivity index (χ2v) is 11.1. The summed E-state index contributed by atoms with van der Waals surface area (Å²) in [6, 6.07) is 9.20. The van der Waals surface area contributed by atoms with E-state index in [4.69, 9.17) is 14.2 Å². The van der Waals surface area contributed by atoms with Gasteiger partial charge in [-0.3, -0.25) is 4.79 Å². The van der Waals surface area contributed by atoms with E-state index in [-0.39, 0.29) is 5.56 Å². The van der Waals surface area contributed by atoms with Crippen LogP contribution in [0.15, 0.2) is 47.1 Å². The molecule has 2 aliphatic rings. The fourth-order valence-corrected chi connectivity index (χ4v) is 5.87. The number of aliphatic hydroxyl groups excluding tert-OH is 3. The number of rotatable bonds is 8. The lowest BCUT2D eigenvalue weighted by Gasteiger charge is -2.47. The van der Waals surface area contributed by atoms with E-state index in [0.717, 1.165) is 0 Å². The zero-order valence-electron chi connectivity index (χ0n) is 22.7. The average Bonchev–Trinajstić information content (AvgIpc) is 3.47. The van der Waals surface area contributed by atoms with Crippen molar-refractivity contribution < 1.29 is 38.7 Å². The molecule has 12 nitrogen and oxygen atoms in total. The highest BCUT2D eigenvalue weighted by molar-refractivity contribution is 9.10. The smallest absolute Gasteiger partial charge is 0.259 e. The Morgan fingerprint density at radius 2 is 2.02 bits per heavy atom.